The van der Waals surface area contributed by atoms with Gasteiger partial charge in [-0.05, 0) is 55.5 Å². The average molecular weight is 207 g/mol. The number of piperidine rings is 1. The molecule has 1 heterocycles. The highest BCUT2D eigenvalue weighted by atomic mass is 19.1. The number of aryl methyl sites for hydroxylation is 1. The van der Waals surface area contributed by atoms with E-state index in [1.807, 2.05) is 6.07 Å². The minimum Gasteiger partial charge on any atom is -0.310 e. The van der Waals surface area contributed by atoms with Crippen LogP contribution in [-0.2, 0) is 0 Å². The van der Waals surface area contributed by atoms with Gasteiger partial charge in [-0.2, -0.15) is 0 Å². The Morgan fingerprint density at radius 1 is 1.40 bits per heavy atom. The maximum absolute atomic E-state index is 13.2. The van der Waals surface area contributed by atoms with Crippen LogP contribution in [0.2, 0.25) is 0 Å². The molecule has 0 bridgehead atoms. The predicted octanol–water partition coefficient (Wildman–Crippen LogP) is 3.19. The Balaban J connectivity index is 2.30. The molecule has 0 amide bonds. The van der Waals surface area contributed by atoms with E-state index in [1.165, 1.54) is 24.5 Å². The molecular weight excluding hydrogens is 189 g/mol. The fraction of sp³-hybridized carbons (Fsp3) is 0.538. The van der Waals surface area contributed by atoms with Gasteiger partial charge in [0.1, 0.15) is 5.82 Å². The molecule has 1 aliphatic rings. The van der Waals surface area contributed by atoms with Gasteiger partial charge in [-0.25, -0.2) is 4.39 Å². The van der Waals surface area contributed by atoms with Crippen molar-refractivity contribution >= 4 is 0 Å². The Kier molecular flexibility index (Phi) is 3.06. The van der Waals surface area contributed by atoms with Gasteiger partial charge in [0.2, 0.25) is 0 Å². The van der Waals surface area contributed by atoms with Gasteiger partial charge in [-0.3, -0.25) is 0 Å². The van der Waals surface area contributed by atoms with E-state index in [0.717, 1.165) is 12.1 Å². The normalized spacial score (nSPS) is 26.6. The second kappa shape index (κ2) is 4.31. The minimum atomic E-state index is -0.129. The van der Waals surface area contributed by atoms with Gasteiger partial charge in [0.15, 0.2) is 0 Å². The molecule has 1 saturated heterocycles. The molecule has 1 fully saturated rings. The molecule has 2 rings (SSSR count). The summed E-state index contributed by atoms with van der Waals surface area (Å²) >= 11 is 0. The zero-order valence-electron chi connectivity index (χ0n) is 9.39. The van der Waals surface area contributed by atoms with E-state index in [-0.39, 0.29) is 5.82 Å². The van der Waals surface area contributed by atoms with E-state index in [0.29, 0.717) is 12.0 Å². The molecule has 0 radical (unpaired) electrons. The Hall–Kier alpha value is -0.890. The molecule has 2 atom stereocenters. The van der Waals surface area contributed by atoms with Gasteiger partial charge < -0.3 is 5.32 Å². The lowest BCUT2D eigenvalue weighted by molar-refractivity contribution is 0.304. The van der Waals surface area contributed by atoms with Crippen LogP contribution < -0.4 is 5.32 Å². The number of hydrogen-bond donors (Lipinski definition) is 1. The molecule has 15 heavy (non-hydrogen) atoms. The van der Waals surface area contributed by atoms with E-state index < -0.39 is 0 Å². The average Bonchev–Trinajstić information content (AvgIpc) is 2.23. The Bertz CT molecular complexity index is 348. The molecule has 1 N–H and O–H groups in total. The predicted molar refractivity (Wildman–Crippen MR) is 60.3 cm³/mol. The van der Waals surface area contributed by atoms with Crippen LogP contribution in [0.5, 0.6) is 0 Å². The van der Waals surface area contributed by atoms with Gasteiger partial charge in [-0.1, -0.05) is 13.0 Å². The maximum Gasteiger partial charge on any atom is 0.123 e. The number of nitrogens with one attached hydrogen (secondary N) is 1. The van der Waals surface area contributed by atoms with Crippen molar-refractivity contribution in [2.75, 3.05) is 6.54 Å². The standard InChI is InChI=1S/C13H18FN/c1-9-5-6-11(14)8-12(9)13-10(2)4-3-7-15-13/h5-6,8,10,13,15H,3-4,7H2,1-2H3. The molecule has 0 spiro atoms. The molecule has 1 aromatic carbocycles. The molecule has 2 heteroatoms. The zero-order valence-corrected chi connectivity index (χ0v) is 9.39. The first-order chi connectivity index (χ1) is 7.18. The van der Waals surface area contributed by atoms with E-state index in [1.54, 1.807) is 6.07 Å². The van der Waals surface area contributed by atoms with Gasteiger partial charge in [0.25, 0.3) is 0 Å². The zero-order chi connectivity index (χ0) is 10.8. The number of halogens is 1. The molecular formula is C13H18FN. The van der Waals surface area contributed by atoms with Crippen molar-refractivity contribution in [2.24, 2.45) is 5.92 Å². The summed E-state index contributed by atoms with van der Waals surface area (Å²) in [6.45, 7) is 5.34. The second-order valence-electron chi connectivity index (χ2n) is 4.55. The van der Waals surface area contributed by atoms with Crippen molar-refractivity contribution in [2.45, 2.75) is 32.7 Å². The summed E-state index contributed by atoms with van der Waals surface area (Å²) in [4.78, 5) is 0. The van der Waals surface area contributed by atoms with Crippen LogP contribution in [-0.4, -0.2) is 6.54 Å². The molecule has 2 unspecified atom stereocenters. The Morgan fingerprint density at radius 3 is 2.93 bits per heavy atom. The first-order valence-electron chi connectivity index (χ1n) is 5.68. The SMILES string of the molecule is Cc1ccc(F)cc1C1NCCCC1C. The topological polar surface area (TPSA) is 12.0 Å². The Morgan fingerprint density at radius 2 is 2.20 bits per heavy atom. The summed E-state index contributed by atoms with van der Waals surface area (Å²) in [6.07, 6.45) is 2.46. The quantitative estimate of drug-likeness (QED) is 0.745. The highest BCUT2D eigenvalue weighted by Crippen LogP contribution is 2.30. The highest BCUT2D eigenvalue weighted by Gasteiger charge is 2.23. The fourth-order valence-electron chi connectivity index (χ4n) is 2.41. The van der Waals surface area contributed by atoms with Crippen molar-refractivity contribution in [3.63, 3.8) is 0 Å². The second-order valence-corrected chi connectivity index (χ2v) is 4.55. The molecule has 1 nitrogen and oxygen atoms in total. The monoisotopic (exact) mass is 207 g/mol. The smallest absolute Gasteiger partial charge is 0.123 e. The summed E-state index contributed by atoms with van der Waals surface area (Å²) < 4.78 is 13.2. The van der Waals surface area contributed by atoms with Crippen LogP contribution in [0.15, 0.2) is 18.2 Å². The molecule has 1 aromatic rings. The van der Waals surface area contributed by atoms with Crippen molar-refractivity contribution in [3.8, 4) is 0 Å². The van der Waals surface area contributed by atoms with Crippen LogP contribution in [0, 0.1) is 18.7 Å². The van der Waals surface area contributed by atoms with Crippen LogP contribution in [0.4, 0.5) is 4.39 Å². The molecule has 1 aliphatic heterocycles. The van der Waals surface area contributed by atoms with Crippen LogP contribution in [0.25, 0.3) is 0 Å². The molecule has 0 aromatic heterocycles. The van der Waals surface area contributed by atoms with Crippen molar-refractivity contribution < 1.29 is 4.39 Å². The van der Waals surface area contributed by atoms with Gasteiger partial charge in [0.05, 0.1) is 0 Å². The Labute approximate surface area is 90.7 Å². The first-order valence-corrected chi connectivity index (χ1v) is 5.68. The van der Waals surface area contributed by atoms with Gasteiger partial charge >= 0.3 is 0 Å². The lowest BCUT2D eigenvalue weighted by Crippen LogP contribution is -2.33. The van der Waals surface area contributed by atoms with Crippen LogP contribution >= 0.6 is 0 Å². The third-order valence-corrected chi connectivity index (χ3v) is 3.35. The van der Waals surface area contributed by atoms with Gasteiger partial charge in [-0.15, -0.1) is 0 Å². The van der Waals surface area contributed by atoms with E-state index in [2.05, 4.69) is 19.2 Å². The minimum absolute atomic E-state index is 0.129. The van der Waals surface area contributed by atoms with Crippen molar-refractivity contribution in [1.82, 2.24) is 5.32 Å². The van der Waals surface area contributed by atoms with Crippen LogP contribution in [0.1, 0.15) is 36.9 Å². The molecule has 0 saturated carbocycles. The third kappa shape index (κ3) is 2.20. The highest BCUT2D eigenvalue weighted by molar-refractivity contribution is 5.30. The summed E-state index contributed by atoms with van der Waals surface area (Å²) in [7, 11) is 0. The number of hydrogen-bond acceptors (Lipinski definition) is 1. The van der Waals surface area contributed by atoms with E-state index in [9.17, 15) is 4.39 Å². The summed E-state index contributed by atoms with van der Waals surface area (Å²) in [6, 6.07) is 5.41. The summed E-state index contributed by atoms with van der Waals surface area (Å²) in [5.41, 5.74) is 2.31. The maximum atomic E-state index is 13.2. The largest absolute Gasteiger partial charge is 0.310 e. The summed E-state index contributed by atoms with van der Waals surface area (Å²) in [5.74, 6) is 0.467. The molecule has 0 aliphatic carbocycles. The number of rotatable bonds is 1. The summed E-state index contributed by atoms with van der Waals surface area (Å²) in [5, 5.41) is 3.49. The van der Waals surface area contributed by atoms with Gasteiger partial charge in [0, 0.05) is 6.04 Å². The fourth-order valence-corrected chi connectivity index (χ4v) is 2.41. The van der Waals surface area contributed by atoms with E-state index in [4.69, 9.17) is 0 Å². The van der Waals surface area contributed by atoms with E-state index >= 15 is 0 Å². The molecule has 82 valence electrons. The van der Waals surface area contributed by atoms with Crippen LogP contribution in [0.3, 0.4) is 0 Å². The third-order valence-electron chi connectivity index (χ3n) is 3.35. The first kappa shape index (κ1) is 10.6. The lowest BCUT2D eigenvalue weighted by atomic mass is 9.86. The number of benzene rings is 1. The van der Waals surface area contributed by atoms with Crippen molar-refractivity contribution in [1.29, 1.82) is 0 Å². The lowest BCUT2D eigenvalue weighted by Gasteiger charge is -2.31. The van der Waals surface area contributed by atoms with Crippen molar-refractivity contribution in [3.05, 3.63) is 35.1 Å².